The molecule has 1 atom stereocenters. The van der Waals surface area contributed by atoms with Crippen molar-refractivity contribution in [3.8, 4) is 0 Å². The molecule has 0 N–H and O–H groups in total. The molecule has 1 unspecified atom stereocenters. The van der Waals surface area contributed by atoms with E-state index >= 15 is 0 Å². The zero-order valence-corrected chi connectivity index (χ0v) is 15.1. The highest BCUT2D eigenvalue weighted by Gasteiger charge is 2.34. The lowest BCUT2D eigenvalue weighted by molar-refractivity contribution is -0.137. The Labute approximate surface area is 155 Å². The summed E-state index contributed by atoms with van der Waals surface area (Å²) >= 11 is 0. The molecule has 0 spiro atoms. The number of carbonyl (C=O) groups is 1. The molecule has 0 bridgehead atoms. The van der Waals surface area contributed by atoms with Crippen molar-refractivity contribution in [3.63, 3.8) is 0 Å². The van der Waals surface area contributed by atoms with Gasteiger partial charge in [-0.15, -0.1) is 0 Å². The van der Waals surface area contributed by atoms with Crippen LogP contribution in [-0.2, 0) is 16.0 Å². The highest BCUT2D eigenvalue weighted by molar-refractivity contribution is 7.91. The summed E-state index contributed by atoms with van der Waals surface area (Å²) in [6.07, 6.45) is -4.34. The lowest BCUT2D eigenvalue weighted by atomic mass is 10.1. The molecule has 2 aromatic carbocycles. The van der Waals surface area contributed by atoms with Crippen LogP contribution in [-0.4, -0.2) is 38.1 Å². The predicted octanol–water partition coefficient (Wildman–Crippen LogP) is 3.71. The average molecular weight is 397 g/mol. The highest BCUT2D eigenvalue weighted by Crippen LogP contribution is 2.31. The molecule has 0 radical (unpaired) electrons. The van der Waals surface area contributed by atoms with E-state index in [1.807, 2.05) is 0 Å². The molecule has 144 valence electrons. The van der Waals surface area contributed by atoms with Crippen LogP contribution in [0, 0.1) is 0 Å². The zero-order chi connectivity index (χ0) is 19.7. The van der Waals surface area contributed by atoms with Gasteiger partial charge in [0.05, 0.1) is 16.6 Å². The summed E-state index contributed by atoms with van der Waals surface area (Å²) in [5.74, 6) is -0.818. The molecule has 0 aromatic heterocycles. The Morgan fingerprint density at radius 2 is 1.70 bits per heavy atom. The molecule has 8 heteroatoms. The van der Waals surface area contributed by atoms with E-state index in [1.165, 1.54) is 17.0 Å². The number of rotatable bonds is 2. The third kappa shape index (κ3) is 4.32. The Hall–Kier alpha value is -2.35. The maximum Gasteiger partial charge on any atom is 0.416 e. The first kappa shape index (κ1) is 19.4. The van der Waals surface area contributed by atoms with Gasteiger partial charge < -0.3 is 4.90 Å². The first-order chi connectivity index (χ1) is 12.7. The van der Waals surface area contributed by atoms with Crippen LogP contribution >= 0.6 is 0 Å². The number of amides is 1. The molecule has 1 amide bonds. The first-order valence-electron chi connectivity index (χ1n) is 8.41. The lowest BCUT2D eigenvalue weighted by Crippen LogP contribution is -2.33. The van der Waals surface area contributed by atoms with Crippen LogP contribution < -0.4 is 0 Å². The van der Waals surface area contributed by atoms with Gasteiger partial charge in [0, 0.05) is 18.7 Å². The SMILES string of the molecule is O=C(c1cccc(C(F)(F)F)c1)N1CCC(c2ccccc2)S(=O)(=O)CC1. The quantitative estimate of drug-likeness (QED) is 0.776. The summed E-state index contributed by atoms with van der Waals surface area (Å²) in [5, 5.41) is -0.724. The van der Waals surface area contributed by atoms with Crippen molar-refractivity contribution in [2.45, 2.75) is 17.8 Å². The van der Waals surface area contributed by atoms with E-state index in [9.17, 15) is 26.4 Å². The molecule has 2 aromatic rings. The molecular formula is C19H18F3NO3S. The van der Waals surface area contributed by atoms with Crippen molar-refractivity contribution in [1.82, 2.24) is 4.90 Å². The molecule has 1 fully saturated rings. The van der Waals surface area contributed by atoms with Gasteiger partial charge in [-0.3, -0.25) is 4.79 Å². The van der Waals surface area contributed by atoms with Gasteiger partial charge in [-0.2, -0.15) is 13.2 Å². The van der Waals surface area contributed by atoms with Crippen molar-refractivity contribution in [1.29, 1.82) is 0 Å². The summed E-state index contributed by atoms with van der Waals surface area (Å²) in [5.41, 5.74) is -0.343. The van der Waals surface area contributed by atoms with Gasteiger partial charge in [-0.25, -0.2) is 8.42 Å². The molecule has 3 rings (SSSR count). The second-order valence-corrected chi connectivity index (χ2v) is 8.73. The van der Waals surface area contributed by atoms with Gasteiger partial charge in [0.15, 0.2) is 9.84 Å². The zero-order valence-electron chi connectivity index (χ0n) is 14.3. The Morgan fingerprint density at radius 1 is 1.00 bits per heavy atom. The van der Waals surface area contributed by atoms with E-state index < -0.39 is 32.7 Å². The molecule has 1 saturated heterocycles. The van der Waals surface area contributed by atoms with Crippen LogP contribution in [0.3, 0.4) is 0 Å². The van der Waals surface area contributed by atoms with Gasteiger partial charge >= 0.3 is 6.18 Å². The minimum atomic E-state index is -4.54. The molecule has 4 nitrogen and oxygen atoms in total. The number of hydrogen-bond acceptors (Lipinski definition) is 3. The van der Waals surface area contributed by atoms with Gasteiger partial charge in [0.25, 0.3) is 5.91 Å². The number of nitrogens with zero attached hydrogens (tertiary/aromatic N) is 1. The van der Waals surface area contributed by atoms with Gasteiger partial charge in [0.1, 0.15) is 0 Å². The minimum absolute atomic E-state index is 0.0409. The smallest absolute Gasteiger partial charge is 0.338 e. The largest absolute Gasteiger partial charge is 0.416 e. The van der Waals surface area contributed by atoms with E-state index in [1.54, 1.807) is 30.3 Å². The number of sulfone groups is 1. The monoisotopic (exact) mass is 397 g/mol. The Bertz CT molecular complexity index is 927. The number of halogens is 3. The molecule has 0 saturated carbocycles. The fourth-order valence-electron chi connectivity index (χ4n) is 3.20. The molecule has 1 aliphatic rings. The van der Waals surface area contributed by atoms with Crippen LogP contribution in [0.5, 0.6) is 0 Å². The van der Waals surface area contributed by atoms with Crippen LogP contribution in [0.4, 0.5) is 13.2 Å². The van der Waals surface area contributed by atoms with Gasteiger partial charge in [-0.05, 0) is 30.2 Å². The molecular weight excluding hydrogens is 379 g/mol. The Morgan fingerprint density at radius 3 is 2.37 bits per heavy atom. The average Bonchev–Trinajstić information content (AvgIpc) is 2.79. The third-order valence-corrected chi connectivity index (χ3v) is 6.76. The molecule has 27 heavy (non-hydrogen) atoms. The lowest BCUT2D eigenvalue weighted by Gasteiger charge is -2.20. The molecule has 1 aliphatic heterocycles. The second kappa shape index (κ2) is 7.34. The number of benzene rings is 2. The third-order valence-electron chi connectivity index (χ3n) is 4.64. The fourth-order valence-corrected chi connectivity index (χ4v) is 5.00. The van der Waals surface area contributed by atoms with E-state index in [4.69, 9.17) is 0 Å². The van der Waals surface area contributed by atoms with Crippen molar-refractivity contribution in [2.24, 2.45) is 0 Å². The van der Waals surface area contributed by atoms with E-state index in [0.717, 1.165) is 12.1 Å². The van der Waals surface area contributed by atoms with Gasteiger partial charge in [-0.1, -0.05) is 36.4 Å². The van der Waals surface area contributed by atoms with Crippen LogP contribution in [0.1, 0.15) is 33.2 Å². The van der Waals surface area contributed by atoms with Crippen molar-refractivity contribution in [3.05, 3.63) is 71.3 Å². The second-order valence-electron chi connectivity index (χ2n) is 6.43. The van der Waals surface area contributed by atoms with Crippen LogP contribution in [0.25, 0.3) is 0 Å². The summed E-state index contributed by atoms with van der Waals surface area (Å²) in [6.45, 7) is 0.120. The summed E-state index contributed by atoms with van der Waals surface area (Å²) in [7, 11) is -3.47. The van der Waals surface area contributed by atoms with Crippen molar-refractivity contribution >= 4 is 15.7 Å². The standard InChI is InChI=1S/C19H18F3NO3S/c20-19(21,22)16-8-4-7-15(13-16)18(24)23-10-9-17(27(25,26)12-11-23)14-5-2-1-3-6-14/h1-8,13,17H,9-12H2. The van der Waals surface area contributed by atoms with Crippen molar-refractivity contribution < 1.29 is 26.4 Å². The topological polar surface area (TPSA) is 54.5 Å². The normalized spacial score (nSPS) is 20.1. The number of alkyl halides is 3. The molecule has 0 aliphatic carbocycles. The summed E-state index contributed by atoms with van der Waals surface area (Å²) < 4.78 is 63.8. The highest BCUT2D eigenvalue weighted by atomic mass is 32.2. The van der Waals surface area contributed by atoms with Gasteiger partial charge in [0.2, 0.25) is 0 Å². The minimum Gasteiger partial charge on any atom is -0.338 e. The Balaban J connectivity index is 1.83. The van der Waals surface area contributed by atoms with E-state index in [0.29, 0.717) is 5.56 Å². The van der Waals surface area contributed by atoms with Crippen molar-refractivity contribution in [2.75, 3.05) is 18.8 Å². The fraction of sp³-hybridized carbons (Fsp3) is 0.316. The van der Waals surface area contributed by atoms with E-state index in [-0.39, 0.29) is 30.8 Å². The van der Waals surface area contributed by atoms with E-state index in [2.05, 4.69) is 0 Å². The number of carbonyl (C=O) groups excluding carboxylic acids is 1. The maximum atomic E-state index is 12.9. The molecule has 1 heterocycles. The Kier molecular flexibility index (Phi) is 5.28. The summed E-state index contributed by atoms with van der Waals surface area (Å²) in [4.78, 5) is 14.0. The first-order valence-corrected chi connectivity index (χ1v) is 10.1. The van der Waals surface area contributed by atoms with Crippen LogP contribution in [0.2, 0.25) is 0 Å². The maximum absolute atomic E-state index is 12.9. The summed E-state index contributed by atoms with van der Waals surface area (Å²) in [6, 6.07) is 12.9. The van der Waals surface area contributed by atoms with Crippen LogP contribution in [0.15, 0.2) is 54.6 Å². The predicted molar refractivity (Wildman–Crippen MR) is 94.9 cm³/mol. The number of hydrogen-bond donors (Lipinski definition) is 0.